The number of nitrogens with two attached hydrogens (primary N) is 2. The van der Waals surface area contributed by atoms with Gasteiger partial charge in [-0.3, -0.25) is 16.5 Å². The van der Waals surface area contributed by atoms with Crippen LogP contribution in [0.3, 0.4) is 0 Å². The van der Waals surface area contributed by atoms with Gasteiger partial charge < -0.3 is 30.4 Å². The number of unbranched alkanes of at least 4 members (excludes halogenated alkanes) is 1. The number of hydrogen-bond acceptors (Lipinski definition) is 12. The van der Waals surface area contributed by atoms with Crippen LogP contribution in [0.1, 0.15) is 80.6 Å². The third-order valence-electron chi connectivity index (χ3n) is 6.30. The maximum Gasteiger partial charge on any atom is 0.314 e. The van der Waals surface area contributed by atoms with Gasteiger partial charge in [0.1, 0.15) is 5.41 Å². The van der Waals surface area contributed by atoms with E-state index >= 15 is 0 Å². The monoisotopic (exact) mass is 579 g/mol. The summed E-state index contributed by atoms with van der Waals surface area (Å²) in [5, 5.41) is 41.3. The van der Waals surface area contributed by atoms with Crippen molar-refractivity contribution in [2.24, 2.45) is 37.9 Å². The molecular weight excluding hydrogens is 522 g/mol. The number of carboxylic acid groups (broad SMARTS) is 1. The Balaban J connectivity index is -0.000000230. The third kappa shape index (κ3) is 23.8. The van der Waals surface area contributed by atoms with Crippen LogP contribution in [0.2, 0.25) is 0 Å². The number of hydrazine groups is 1. The SMILES string of the molecule is CC(CO)(CO)C(=O)O.CC1(C)CC(N=C=O)CC(C)(CN=C=O)C1.CCN(CC)CC.NN.OCCCCO. The number of aliphatic imine (C=N–C) groups is 2. The minimum absolute atomic E-state index is 0.00750. The maximum absolute atomic E-state index is 10.3. The molecule has 1 fully saturated rings. The summed E-state index contributed by atoms with van der Waals surface area (Å²) < 4.78 is 0. The van der Waals surface area contributed by atoms with Gasteiger partial charge in [0, 0.05) is 13.2 Å². The van der Waals surface area contributed by atoms with E-state index in [1.54, 1.807) is 12.2 Å². The predicted octanol–water partition coefficient (Wildman–Crippen LogP) is 1.22. The number of aliphatic hydroxyl groups is 4. The first-order valence-electron chi connectivity index (χ1n) is 13.6. The number of hydrogen-bond donors (Lipinski definition) is 7. The lowest BCUT2D eigenvalue weighted by Crippen LogP contribution is -2.39. The molecule has 0 aromatic carbocycles. The maximum atomic E-state index is 10.3. The smallest absolute Gasteiger partial charge is 0.314 e. The number of aliphatic hydroxyl groups excluding tert-OH is 4. The first-order valence-corrected chi connectivity index (χ1v) is 13.6. The number of carboxylic acids is 1. The molecule has 0 amide bonds. The van der Waals surface area contributed by atoms with E-state index in [0.29, 0.717) is 6.54 Å². The van der Waals surface area contributed by atoms with E-state index in [4.69, 9.17) is 25.5 Å². The molecule has 0 saturated heterocycles. The lowest BCUT2D eigenvalue weighted by molar-refractivity contribution is -0.152. The number of aliphatic carboxylic acids is 1. The Morgan fingerprint density at radius 1 is 0.925 bits per heavy atom. The summed E-state index contributed by atoms with van der Waals surface area (Å²) in [6.45, 7) is 17.6. The molecule has 40 heavy (non-hydrogen) atoms. The number of isocyanates is 2. The van der Waals surface area contributed by atoms with Crippen molar-refractivity contribution in [2.75, 3.05) is 52.6 Å². The van der Waals surface area contributed by atoms with Crippen LogP contribution in [0, 0.1) is 16.2 Å². The fourth-order valence-corrected chi connectivity index (χ4v) is 4.17. The van der Waals surface area contributed by atoms with Gasteiger partial charge in [0.25, 0.3) is 0 Å². The van der Waals surface area contributed by atoms with Gasteiger partial charge in [0.15, 0.2) is 0 Å². The van der Waals surface area contributed by atoms with Crippen molar-refractivity contribution in [3.8, 4) is 0 Å². The zero-order chi connectivity index (χ0) is 32.3. The highest BCUT2D eigenvalue weighted by Gasteiger charge is 2.41. The normalized spacial score (nSPS) is 18.8. The van der Waals surface area contributed by atoms with E-state index in [1.807, 2.05) is 0 Å². The molecule has 1 aliphatic carbocycles. The summed E-state index contributed by atoms with van der Waals surface area (Å²) >= 11 is 0. The molecule has 0 aromatic rings. The van der Waals surface area contributed by atoms with Gasteiger partial charge in [-0.1, -0.05) is 41.5 Å². The molecule has 0 radical (unpaired) electrons. The Labute approximate surface area is 240 Å². The first-order chi connectivity index (χ1) is 18.7. The molecule has 0 bridgehead atoms. The molecule has 9 N–H and O–H groups in total. The van der Waals surface area contributed by atoms with Crippen LogP contribution in [-0.4, -0.2) is 107 Å². The topological polar surface area (TPSA) is 232 Å². The molecule has 2 atom stereocenters. The van der Waals surface area contributed by atoms with E-state index in [2.05, 4.69) is 68.1 Å². The van der Waals surface area contributed by atoms with Crippen molar-refractivity contribution >= 4 is 18.1 Å². The molecule has 2 unspecified atom stereocenters. The van der Waals surface area contributed by atoms with Crippen molar-refractivity contribution in [1.82, 2.24) is 4.90 Å². The minimum Gasteiger partial charge on any atom is -0.481 e. The number of nitrogens with zero attached hydrogens (tertiary/aromatic N) is 3. The highest BCUT2D eigenvalue weighted by atomic mass is 16.4. The third-order valence-corrected chi connectivity index (χ3v) is 6.30. The van der Waals surface area contributed by atoms with Gasteiger partial charge >= 0.3 is 5.97 Å². The van der Waals surface area contributed by atoms with Crippen LogP contribution in [0.15, 0.2) is 9.98 Å². The number of rotatable bonds is 12. The van der Waals surface area contributed by atoms with E-state index in [0.717, 1.165) is 32.1 Å². The summed E-state index contributed by atoms with van der Waals surface area (Å²) in [5.74, 6) is 6.81. The molecule has 13 heteroatoms. The quantitative estimate of drug-likeness (QED) is 0.0571. The first kappa shape index (κ1) is 45.0. The lowest BCUT2D eigenvalue weighted by atomic mass is 9.63. The van der Waals surface area contributed by atoms with Crippen molar-refractivity contribution in [3.63, 3.8) is 0 Å². The Morgan fingerprint density at radius 3 is 1.62 bits per heavy atom. The molecule has 13 nitrogen and oxygen atoms in total. The standard InChI is InChI=1S/C12H18N2O2.C6H15N.C5H10O4.C4H10O2.H4N2/c1-11(2)4-10(14-9-16)5-12(3,6-11)7-13-8-15;1-4-7(5-2)6-3;1-5(2-6,3-7)4(8)9;5-3-1-2-4-6;1-2/h10H,4-7H2,1-3H3;4-6H2,1-3H3;6-7H,2-3H2,1H3,(H,8,9);5-6H,1-4H2;1-2H2. The highest BCUT2D eigenvalue weighted by Crippen LogP contribution is 2.47. The highest BCUT2D eigenvalue weighted by molar-refractivity contribution is 5.74. The van der Waals surface area contributed by atoms with Crippen molar-refractivity contribution in [1.29, 1.82) is 0 Å². The molecule has 0 heterocycles. The molecule has 0 spiro atoms. The predicted molar refractivity (Wildman–Crippen MR) is 156 cm³/mol. The zero-order valence-electron chi connectivity index (χ0n) is 25.7. The van der Waals surface area contributed by atoms with Crippen molar-refractivity contribution in [3.05, 3.63) is 0 Å². The molecule has 1 aliphatic rings. The summed E-state index contributed by atoms with van der Waals surface area (Å²) in [7, 11) is 0. The van der Waals surface area contributed by atoms with E-state index in [1.165, 1.54) is 26.6 Å². The largest absolute Gasteiger partial charge is 0.481 e. The van der Waals surface area contributed by atoms with Crippen LogP contribution >= 0.6 is 0 Å². The zero-order valence-corrected chi connectivity index (χ0v) is 25.7. The van der Waals surface area contributed by atoms with Crippen molar-refractivity contribution in [2.45, 2.75) is 86.6 Å². The average Bonchev–Trinajstić information content (AvgIpc) is 2.92. The lowest BCUT2D eigenvalue weighted by Gasteiger charge is -2.44. The van der Waals surface area contributed by atoms with E-state index < -0.39 is 24.6 Å². The van der Waals surface area contributed by atoms with Gasteiger partial charge in [0.05, 0.1) is 25.8 Å². The van der Waals surface area contributed by atoms with Gasteiger partial charge in [-0.05, 0) is 69.5 Å². The molecule has 1 saturated carbocycles. The second kappa shape index (κ2) is 27.1. The van der Waals surface area contributed by atoms with Gasteiger partial charge in [0.2, 0.25) is 12.2 Å². The van der Waals surface area contributed by atoms with Gasteiger partial charge in [-0.15, -0.1) is 0 Å². The van der Waals surface area contributed by atoms with E-state index in [-0.39, 0.29) is 30.1 Å². The Morgan fingerprint density at radius 2 is 1.38 bits per heavy atom. The average molecular weight is 580 g/mol. The summed E-state index contributed by atoms with van der Waals surface area (Å²) in [4.78, 5) is 40.6. The molecule has 238 valence electrons. The molecule has 0 aliphatic heterocycles. The molecular formula is C27H57N5O8. The molecule has 0 aromatic heterocycles. The second-order valence-electron chi connectivity index (χ2n) is 10.8. The summed E-state index contributed by atoms with van der Waals surface area (Å²) in [6, 6.07) is 0.00750. The van der Waals surface area contributed by atoms with Crippen LogP contribution in [0.5, 0.6) is 0 Å². The Bertz CT molecular complexity index is 696. The van der Waals surface area contributed by atoms with Crippen LogP contribution in [0.25, 0.3) is 0 Å². The van der Waals surface area contributed by atoms with E-state index in [9.17, 15) is 14.4 Å². The second-order valence-corrected chi connectivity index (χ2v) is 10.8. The Hall–Kier alpha value is -2.05. The summed E-state index contributed by atoms with van der Waals surface area (Å²) in [6.07, 6.45) is 7.32. The van der Waals surface area contributed by atoms with Gasteiger partial charge in [-0.25, -0.2) is 19.6 Å². The molecule has 1 rings (SSSR count). The minimum atomic E-state index is -1.39. The fraction of sp³-hybridized carbons (Fsp3) is 0.889. The van der Waals surface area contributed by atoms with Crippen molar-refractivity contribution < 1.29 is 39.9 Å². The van der Waals surface area contributed by atoms with Crippen LogP contribution < -0.4 is 11.7 Å². The van der Waals surface area contributed by atoms with Gasteiger partial charge in [-0.2, -0.15) is 0 Å². The number of carbonyl (C=O) groups is 1. The number of carbonyl (C=O) groups excluding carboxylic acids is 2. The fourth-order valence-electron chi connectivity index (χ4n) is 4.17. The summed E-state index contributed by atoms with van der Waals surface area (Å²) in [5.41, 5.74) is -1.33. The van der Waals surface area contributed by atoms with Crippen LogP contribution in [-0.2, 0) is 14.4 Å². The van der Waals surface area contributed by atoms with Crippen LogP contribution in [0.4, 0.5) is 0 Å². The Kier molecular flexibility index (Phi) is 30.5.